The molecular formula is C58H47SiZr. The molecule has 2 unspecified atom stereocenters. The fourth-order valence-electron chi connectivity index (χ4n) is 10.7. The molecule has 0 fully saturated rings. The molecule has 0 spiro atoms. The van der Waals surface area contributed by atoms with E-state index in [1.54, 1.807) is 13.6 Å². The summed E-state index contributed by atoms with van der Waals surface area (Å²) in [5, 5.41) is 3.29. The average Bonchev–Trinajstić information content (AvgIpc) is 3.99. The molecule has 2 heteroatoms. The molecule has 8 aromatic rings. The van der Waals surface area contributed by atoms with Gasteiger partial charge in [0.2, 0.25) is 0 Å². The zero-order chi connectivity index (χ0) is 40.5. The first kappa shape index (κ1) is 37.3. The Hall–Kier alpha value is -5.66. The van der Waals surface area contributed by atoms with Gasteiger partial charge in [-0.15, -0.1) is 0 Å². The Morgan fingerprint density at radius 1 is 0.383 bits per heavy atom. The summed E-state index contributed by atoms with van der Waals surface area (Å²) in [6.45, 7) is 9.10. The molecule has 3 aliphatic rings. The van der Waals surface area contributed by atoms with Crippen molar-refractivity contribution < 1.29 is 21.8 Å². The van der Waals surface area contributed by atoms with Crippen LogP contribution in [0, 0.1) is 27.7 Å². The van der Waals surface area contributed by atoms with Crippen molar-refractivity contribution >= 4 is 46.5 Å². The van der Waals surface area contributed by atoms with Crippen molar-refractivity contribution in [2.24, 2.45) is 0 Å². The van der Waals surface area contributed by atoms with E-state index in [9.17, 15) is 0 Å². The summed E-state index contributed by atoms with van der Waals surface area (Å²) in [6, 6.07) is 67.7. The third-order valence-electron chi connectivity index (χ3n) is 13.9. The van der Waals surface area contributed by atoms with Crippen LogP contribution in [0.1, 0.15) is 62.9 Å². The van der Waals surface area contributed by atoms with E-state index in [1.165, 1.54) is 100 Å². The van der Waals surface area contributed by atoms with Crippen LogP contribution in [-0.2, 0) is 21.8 Å². The molecule has 0 bridgehead atoms. The SMILES string of the molecule is Cc1cccc(-c2cccc3c2C=C(c2ccccc2)[CH]3[Zr]([c]2cccc3c2[SiH2]c2ccccc2-3)[CH]2C(c3ccccc3)=Cc3c(-c4cccc(C)c4C)cccc32)c1C. The van der Waals surface area contributed by atoms with E-state index in [2.05, 4.69) is 216 Å². The molecule has 8 aromatic carbocycles. The monoisotopic (exact) mass is 861 g/mol. The van der Waals surface area contributed by atoms with Gasteiger partial charge in [-0.25, -0.2) is 0 Å². The molecule has 0 saturated carbocycles. The number of hydrogen-bond acceptors (Lipinski definition) is 0. The average molecular weight is 863 g/mol. The molecule has 0 N–H and O–H groups in total. The van der Waals surface area contributed by atoms with Gasteiger partial charge in [0.15, 0.2) is 0 Å². The summed E-state index contributed by atoms with van der Waals surface area (Å²) in [4.78, 5) is 0. The van der Waals surface area contributed by atoms with E-state index in [0.717, 1.165) is 0 Å². The second-order valence-corrected chi connectivity index (χ2v) is 25.3. The normalized spacial score (nSPS) is 16.2. The van der Waals surface area contributed by atoms with Crippen molar-refractivity contribution in [2.75, 3.05) is 0 Å². The van der Waals surface area contributed by atoms with E-state index in [-0.39, 0.29) is 0 Å². The van der Waals surface area contributed by atoms with Crippen molar-refractivity contribution in [1.82, 2.24) is 0 Å². The molecule has 1 heterocycles. The Labute approximate surface area is 365 Å². The molecule has 11 rings (SSSR count). The van der Waals surface area contributed by atoms with E-state index >= 15 is 0 Å². The maximum absolute atomic E-state index is 3.13. The van der Waals surface area contributed by atoms with Crippen molar-refractivity contribution in [2.45, 2.75) is 34.9 Å². The molecule has 0 aromatic heterocycles. The first-order chi connectivity index (χ1) is 29.5. The number of fused-ring (bicyclic) bond motifs is 5. The summed E-state index contributed by atoms with van der Waals surface area (Å²) in [5.74, 6) is 0. The van der Waals surface area contributed by atoms with Crippen molar-refractivity contribution in [3.8, 4) is 33.4 Å². The molecule has 0 nitrogen and oxygen atoms in total. The Kier molecular flexibility index (Phi) is 9.41. The second kappa shape index (κ2) is 15.1. The Bertz CT molecular complexity index is 2900. The molecule has 0 amide bonds. The van der Waals surface area contributed by atoms with Crippen LogP contribution in [-0.4, -0.2) is 9.52 Å². The summed E-state index contributed by atoms with van der Waals surface area (Å²) >= 11 is -3.13. The first-order valence-corrected chi connectivity index (χ1v) is 26.9. The number of rotatable bonds is 7. The van der Waals surface area contributed by atoms with Crippen molar-refractivity contribution in [1.29, 1.82) is 0 Å². The summed E-state index contributed by atoms with van der Waals surface area (Å²) < 4.78 is 2.31. The summed E-state index contributed by atoms with van der Waals surface area (Å²) in [7, 11) is -0.705. The van der Waals surface area contributed by atoms with Gasteiger partial charge in [-0.2, -0.15) is 0 Å². The van der Waals surface area contributed by atoms with Crippen LogP contribution in [0.4, 0.5) is 0 Å². The predicted molar refractivity (Wildman–Crippen MR) is 256 cm³/mol. The Balaban J connectivity index is 1.23. The number of hydrogen-bond donors (Lipinski definition) is 0. The van der Waals surface area contributed by atoms with Crippen LogP contribution in [0.25, 0.3) is 56.7 Å². The van der Waals surface area contributed by atoms with Gasteiger partial charge in [-0.1, -0.05) is 0 Å². The molecule has 60 heavy (non-hydrogen) atoms. The third-order valence-corrected chi connectivity index (χ3v) is 25.7. The Morgan fingerprint density at radius 3 is 1.37 bits per heavy atom. The van der Waals surface area contributed by atoms with E-state index < -0.39 is 31.3 Å². The van der Waals surface area contributed by atoms with E-state index in [1.807, 2.05) is 0 Å². The van der Waals surface area contributed by atoms with Crippen LogP contribution >= 0.6 is 0 Å². The van der Waals surface area contributed by atoms with Crippen molar-refractivity contribution in [3.05, 3.63) is 232 Å². The number of benzene rings is 8. The standard InChI is InChI=1S/2C23H19.C12H9Si.Zr/c2*1-16-8-6-12-21(17(16)2)22-13-7-11-19-14-20(15-23(19)22)18-9-4-3-5-10-18;1-3-7-11-9(5-1)10-6-2-4-8-12(10)13-11;/h2*3-15H,1-2H3;1-7H,13H2;. The Morgan fingerprint density at radius 2 is 0.817 bits per heavy atom. The third kappa shape index (κ3) is 6.02. The zero-order valence-electron chi connectivity index (χ0n) is 34.8. The van der Waals surface area contributed by atoms with Gasteiger partial charge in [0.05, 0.1) is 0 Å². The van der Waals surface area contributed by atoms with Crippen LogP contribution in [0.2, 0.25) is 0 Å². The molecule has 1 aliphatic heterocycles. The van der Waals surface area contributed by atoms with Gasteiger partial charge in [0.1, 0.15) is 0 Å². The molecule has 287 valence electrons. The maximum atomic E-state index is 2.62. The van der Waals surface area contributed by atoms with Crippen LogP contribution in [0.15, 0.2) is 176 Å². The van der Waals surface area contributed by atoms with E-state index in [0.29, 0.717) is 7.25 Å². The second-order valence-electron chi connectivity index (χ2n) is 17.0. The van der Waals surface area contributed by atoms with Crippen LogP contribution in [0.3, 0.4) is 0 Å². The fourth-order valence-corrected chi connectivity index (χ4v) is 24.5. The van der Waals surface area contributed by atoms with E-state index in [4.69, 9.17) is 0 Å². The molecule has 2 aliphatic carbocycles. The molecule has 0 saturated heterocycles. The summed E-state index contributed by atoms with van der Waals surface area (Å²) in [5.41, 5.74) is 25.3. The minimum absolute atomic E-state index is 0.298. The fraction of sp³-hybridized carbons (Fsp3) is 0.103. The van der Waals surface area contributed by atoms with Crippen molar-refractivity contribution in [3.63, 3.8) is 0 Å². The van der Waals surface area contributed by atoms with Gasteiger partial charge in [0, 0.05) is 0 Å². The zero-order valence-corrected chi connectivity index (χ0v) is 38.6. The molecular weight excluding hydrogens is 816 g/mol. The topological polar surface area (TPSA) is 0 Å². The quantitative estimate of drug-likeness (QED) is 0.140. The van der Waals surface area contributed by atoms with Crippen LogP contribution in [0.5, 0.6) is 0 Å². The minimum atomic E-state index is -3.13. The van der Waals surface area contributed by atoms with Gasteiger partial charge < -0.3 is 0 Å². The van der Waals surface area contributed by atoms with Gasteiger partial charge in [0.25, 0.3) is 0 Å². The van der Waals surface area contributed by atoms with Gasteiger partial charge in [-0.3, -0.25) is 0 Å². The number of allylic oxidation sites excluding steroid dienone is 2. The summed E-state index contributed by atoms with van der Waals surface area (Å²) in [6.07, 6.45) is 5.24. The number of aryl methyl sites for hydroxylation is 2. The molecule has 2 atom stereocenters. The van der Waals surface area contributed by atoms with Gasteiger partial charge in [-0.05, 0) is 0 Å². The predicted octanol–water partition coefficient (Wildman–Crippen LogP) is 12.2. The van der Waals surface area contributed by atoms with Crippen LogP contribution < -0.4 is 13.6 Å². The first-order valence-electron chi connectivity index (χ1n) is 21.5. The molecule has 0 radical (unpaired) electrons. The van der Waals surface area contributed by atoms with Gasteiger partial charge >= 0.3 is 368 Å².